The molecule has 0 aliphatic heterocycles. The highest BCUT2D eigenvalue weighted by molar-refractivity contribution is 7.89. The highest BCUT2D eigenvalue weighted by atomic mass is 35.5. The summed E-state index contributed by atoms with van der Waals surface area (Å²) in [5, 5.41) is 0. The summed E-state index contributed by atoms with van der Waals surface area (Å²) in [6, 6.07) is 4.62. The first-order chi connectivity index (χ1) is 10.9. The van der Waals surface area contributed by atoms with Crippen LogP contribution in [0.25, 0.3) is 0 Å². The molecule has 8 heteroatoms. The first-order valence-electron chi connectivity index (χ1n) is 8.01. The van der Waals surface area contributed by atoms with Gasteiger partial charge in [0.15, 0.2) is 11.5 Å². The molecular formula is C16H29ClN2O4S. The van der Waals surface area contributed by atoms with Crippen LogP contribution < -0.4 is 19.9 Å². The average molecular weight is 381 g/mol. The van der Waals surface area contributed by atoms with Gasteiger partial charge in [-0.05, 0) is 38.8 Å². The molecule has 0 saturated heterocycles. The van der Waals surface area contributed by atoms with Crippen LogP contribution in [0.3, 0.4) is 0 Å². The van der Waals surface area contributed by atoms with Crippen LogP contribution in [0.5, 0.6) is 11.5 Å². The van der Waals surface area contributed by atoms with E-state index in [0.717, 1.165) is 0 Å². The summed E-state index contributed by atoms with van der Waals surface area (Å²) in [7, 11) is -3.69. The summed E-state index contributed by atoms with van der Waals surface area (Å²) in [6.45, 7) is 8.68. The minimum absolute atomic E-state index is 0. The lowest BCUT2D eigenvalue weighted by Crippen LogP contribution is -2.52. The van der Waals surface area contributed by atoms with Gasteiger partial charge in [0.05, 0.1) is 18.1 Å². The van der Waals surface area contributed by atoms with E-state index in [0.29, 0.717) is 37.6 Å². The van der Waals surface area contributed by atoms with Crippen LogP contribution in [0.4, 0.5) is 0 Å². The number of sulfonamides is 1. The van der Waals surface area contributed by atoms with Crippen LogP contribution in [0.15, 0.2) is 23.1 Å². The van der Waals surface area contributed by atoms with Gasteiger partial charge in [-0.2, -0.15) is 0 Å². The lowest BCUT2D eigenvalue weighted by atomic mass is 9.95. The molecule has 0 fully saturated rings. The van der Waals surface area contributed by atoms with Crippen LogP contribution in [0.2, 0.25) is 0 Å². The number of hydrogen-bond acceptors (Lipinski definition) is 5. The molecular weight excluding hydrogens is 352 g/mol. The zero-order chi connectivity index (χ0) is 17.5. The van der Waals surface area contributed by atoms with Crippen molar-refractivity contribution >= 4 is 22.4 Å². The number of halogens is 1. The van der Waals surface area contributed by atoms with Crippen molar-refractivity contribution < 1.29 is 17.9 Å². The van der Waals surface area contributed by atoms with E-state index < -0.39 is 15.6 Å². The van der Waals surface area contributed by atoms with E-state index in [-0.39, 0.29) is 23.8 Å². The minimum atomic E-state index is -3.69. The molecule has 0 spiro atoms. The van der Waals surface area contributed by atoms with Gasteiger partial charge in [0.25, 0.3) is 0 Å². The van der Waals surface area contributed by atoms with Crippen molar-refractivity contribution in [2.24, 2.45) is 5.73 Å². The van der Waals surface area contributed by atoms with Gasteiger partial charge >= 0.3 is 0 Å². The van der Waals surface area contributed by atoms with Gasteiger partial charge in [0, 0.05) is 18.2 Å². The van der Waals surface area contributed by atoms with Crippen LogP contribution in [-0.4, -0.2) is 33.7 Å². The van der Waals surface area contributed by atoms with E-state index in [1.807, 2.05) is 27.7 Å². The van der Waals surface area contributed by atoms with Crippen molar-refractivity contribution in [1.29, 1.82) is 0 Å². The zero-order valence-electron chi connectivity index (χ0n) is 14.8. The number of ether oxygens (including phenoxy) is 2. The zero-order valence-corrected chi connectivity index (χ0v) is 16.4. The average Bonchev–Trinajstić information content (AvgIpc) is 2.54. The maximum absolute atomic E-state index is 12.7. The number of nitrogens with two attached hydrogens (primary N) is 1. The van der Waals surface area contributed by atoms with Gasteiger partial charge in [-0.25, -0.2) is 13.1 Å². The van der Waals surface area contributed by atoms with Gasteiger partial charge in [0.1, 0.15) is 0 Å². The minimum Gasteiger partial charge on any atom is -0.490 e. The molecule has 0 aliphatic carbocycles. The fourth-order valence-corrected chi connectivity index (χ4v) is 3.84. The number of nitrogens with one attached hydrogen (secondary N) is 1. The molecule has 0 bridgehead atoms. The summed E-state index contributed by atoms with van der Waals surface area (Å²) < 4.78 is 39.1. The highest BCUT2D eigenvalue weighted by Crippen LogP contribution is 2.31. The van der Waals surface area contributed by atoms with Crippen LogP contribution >= 0.6 is 12.4 Å². The topological polar surface area (TPSA) is 90.7 Å². The summed E-state index contributed by atoms with van der Waals surface area (Å²) in [5.41, 5.74) is 5.15. The number of rotatable bonds is 10. The summed E-state index contributed by atoms with van der Waals surface area (Å²) >= 11 is 0. The molecule has 1 aromatic rings. The van der Waals surface area contributed by atoms with Crippen LogP contribution in [0, 0.1) is 0 Å². The largest absolute Gasteiger partial charge is 0.490 e. The van der Waals surface area contributed by atoms with E-state index >= 15 is 0 Å². The monoisotopic (exact) mass is 380 g/mol. The van der Waals surface area contributed by atoms with E-state index in [4.69, 9.17) is 15.2 Å². The second-order valence-electron chi connectivity index (χ2n) is 5.27. The van der Waals surface area contributed by atoms with Crippen molar-refractivity contribution in [3.63, 3.8) is 0 Å². The Morgan fingerprint density at radius 1 is 1.04 bits per heavy atom. The fourth-order valence-electron chi connectivity index (χ4n) is 2.27. The van der Waals surface area contributed by atoms with Crippen molar-refractivity contribution in [3.8, 4) is 11.5 Å². The molecule has 1 aromatic carbocycles. The predicted molar refractivity (Wildman–Crippen MR) is 98.7 cm³/mol. The van der Waals surface area contributed by atoms with Crippen LogP contribution in [0.1, 0.15) is 40.5 Å². The molecule has 24 heavy (non-hydrogen) atoms. The van der Waals surface area contributed by atoms with Gasteiger partial charge < -0.3 is 15.2 Å². The Hall–Kier alpha value is -1.02. The SMILES string of the molecule is CCOc1ccc(S(=O)(=O)NC(CC)(CC)CN)cc1OCC.Cl. The third-order valence-corrected chi connectivity index (χ3v) is 5.50. The molecule has 1 rings (SSSR count). The van der Waals surface area contributed by atoms with Gasteiger partial charge in [-0.3, -0.25) is 0 Å². The second-order valence-corrected chi connectivity index (χ2v) is 6.95. The molecule has 0 aliphatic rings. The fraction of sp³-hybridized carbons (Fsp3) is 0.625. The lowest BCUT2D eigenvalue weighted by Gasteiger charge is -2.31. The normalized spacial score (nSPS) is 11.7. The Morgan fingerprint density at radius 3 is 2.04 bits per heavy atom. The quantitative estimate of drug-likeness (QED) is 0.651. The summed E-state index contributed by atoms with van der Waals surface area (Å²) in [4.78, 5) is 0.143. The van der Waals surface area contributed by atoms with E-state index in [1.54, 1.807) is 6.07 Å². The molecule has 0 unspecified atom stereocenters. The molecule has 0 heterocycles. The van der Waals surface area contributed by atoms with Crippen molar-refractivity contribution in [2.45, 2.75) is 51.0 Å². The molecule has 0 aromatic heterocycles. The Bertz CT molecular complexity index is 596. The molecule has 0 radical (unpaired) electrons. The third-order valence-electron chi connectivity index (χ3n) is 3.92. The van der Waals surface area contributed by atoms with Crippen molar-refractivity contribution in [2.75, 3.05) is 19.8 Å². The summed E-state index contributed by atoms with van der Waals surface area (Å²) in [6.07, 6.45) is 1.24. The predicted octanol–water partition coefficient (Wildman–Crippen LogP) is 2.70. The Balaban J connectivity index is 0.00000529. The molecule has 6 nitrogen and oxygen atoms in total. The van der Waals surface area contributed by atoms with Gasteiger partial charge in [-0.1, -0.05) is 13.8 Å². The maximum atomic E-state index is 12.7. The smallest absolute Gasteiger partial charge is 0.241 e. The maximum Gasteiger partial charge on any atom is 0.241 e. The van der Waals surface area contributed by atoms with E-state index in [1.165, 1.54) is 12.1 Å². The first-order valence-corrected chi connectivity index (χ1v) is 9.50. The van der Waals surface area contributed by atoms with Gasteiger partial charge in [0.2, 0.25) is 10.0 Å². The summed E-state index contributed by atoms with van der Waals surface area (Å²) in [5.74, 6) is 0.952. The third kappa shape index (κ3) is 5.51. The number of benzene rings is 1. The second kappa shape index (κ2) is 10.1. The van der Waals surface area contributed by atoms with E-state index in [2.05, 4.69) is 4.72 Å². The highest BCUT2D eigenvalue weighted by Gasteiger charge is 2.31. The van der Waals surface area contributed by atoms with Crippen molar-refractivity contribution in [3.05, 3.63) is 18.2 Å². The molecule has 3 N–H and O–H groups in total. The van der Waals surface area contributed by atoms with Gasteiger partial charge in [-0.15, -0.1) is 12.4 Å². The Kier molecular flexibility index (Phi) is 9.65. The van der Waals surface area contributed by atoms with E-state index in [9.17, 15) is 8.42 Å². The molecule has 0 amide bonds. The van der Waals surface area contributed by atoms with Crippen LogP contribution in [-0.2, 0) is 10.0 Å². The lowest BCUT2D eigenvalue weighted by molar-refractivity contribution is 0.287. The standard InChI is InChI=1S/C16H28N2O4S.ClH/c1-5-16(6-2,12-17)18-23(19,20)13-9-10-14(21-7-3)15(11-13)22-8-4;/h9-11,18H,5-8,12,17H2,1-4H3;1H. The Labute approximate surface area is 151 Å². The molecule has 0 atom stereocenters. The number of hydrogen-bond donors (Lipinski definition) is 2. The molecule has 140 valence electrons. The first kappa shape index (κ1) is 23.0. The Morgan fingerprint density at radius 2 is 1.58 bits per heavy atom. The molecule has 0 saturated carbocycles. The van der Waals surface area contributed by atoms with Crippen molar-refractivity contribution in [1.82, 2.24) is 4.72 Å².